The summed E-state index contributed by atoms with van der Waals surface area (Å²) >= 11 is 0. The molecule has 7 nitrogen and oxygen atoms in total. The average Bonchev–Trinajstić information content (AvgIpc) is 3.01. The van der Waals surface area contributed by atoms with E-state index in [2.05, 4.69) is 9.88 Å². The SMILES string of the molecule is CC(C)C(=O)N1CCN(Cc2nccn2C)[C@H]2CS(=O)(=O)C[C@H]21. The Hall–Kier alpha value is -1.41. The lowest BCUT2D eigenvalue weighted by molar-refractivity contribution is -0.140. The topological polar surface area (TPSA) is 75.5 Å². The second-order valence-corrected chi connectivity index (χ2v) is 8.98. The van der Waals surface area contributed by atoms with Gasteiger partial charge < -0.3 is 9.47 Å². The second kappa shape index (κ2) is 5.90. The molecule has 0 aliphatic carbocycles. The van der Waals surface area contributed by atoms with Gasteiger partial charge in [-0.15, -0.1) is 0 Å². The van der Waals surface area contributed by atoms with Crippen molar-refractivity contribution in [1.82, 2.24) is 19.4 Å². The van der Waals surface area contributed by atoms with Crippen LogP contribution in [-0.4, -0.2) is 70.4 Å². The van der Waals surface area contributed by atoms with E-state index in [0.717, 1.165) is 5.82 Å². The number of imidazole rings is 1. The molecule has 1 amide bonds. The van der Waals surface area contributed by atoms with Crippen LogP contribution in [0, 0.1) is 5.92 Å². The van der Waals surface area contributed by atoms with Gasteiger partial charge in [-0.1, -0.05) is 13.8 Å². The first-order valence-electron chi connectivity index (χ1n) is 7.99. The fourth-order valence-corrected chi connectivity index (χ4v) is 5.57. The van der Waals surface area contributed by atoms with Crippen molar-refractivity contribution >= 4 is 15.7 Å². The van der Waals surface area contributed by atoms with E-state index in [9.17, 15) is 13.2 Å². The van der Waals surface area contributed by atoms with Gasteiger partial charge in [0.1, 0.15) is 5.82 Å². The molecule has 1 aromatic heterocycles. The summed E-state index contributed by atoms with van der Waals surface area (Å²) in [4.78, 5) is 20.7. The van der Waals surface area contributed by atoms with Crippen LogP contribution in [0.2, 0.25) is 0 Å². The first-order valence-corrected chi connectivity index (χ1v) is 9.82. The first kappa shape index (κ1) is 16.4. The first-order chi connectivity index (χ1) is 10.8. The van der Waals surface area contributed by atoms with Gasteiger partial charge in [-0.2, -0.15) is 0 Å². The highest BCUT2D eigenvalue weighted by Crippen LogP contribution is 2.29. The van der Waals surface area contributed by atoms with Gasteiger partial charge in [-0.3, -0.25) is 9.69 Å². The highest BCUT2D eigenvalue weighted by Gasteiger charge is 2.48. The Morgan fingerprint density at radius 3 is 2.61 bits per heavy atom. The summed E-state index contributed by atoms with van der Waals surface area (Å²) in [6, 6.07) is -0.364. The van der Waals surface area contributed by atoms with Gasteiger partial charge in [0, 0.05) is 44.5 Å². The number of carbonyl (C=O) groups is 1. The molecule has 0 saturated carbocycles. The number of rotatable bonds is 3. The van der Waals surface area contributed by atoms with E-state index in [1.807, 2.05) is 31.7 Å². The molecule has 0 radical (unpaired) electrons. The molecule has 1 aromatic rings. The minimum absolute atomic E-state index is 0.0498. The number of hydrogen-bond donors (Lipinski definition) is 0. The van der Waals surface area contributed by atoms with Gasteiger partial charge in [-0.25, -0.2) is 13.4 Å². The second-order valence-electron chi connectivity index (χ2n) is 6.82. The number of sulfone groups is 1. The quantitative estimate of drug-likeness (QED) is 0.767. The van der Waals surface area contributed by atoms with Crippen molar-refractivity contribution in [2.75, 3.05) is 24.6 Å². The zero-order valence-electron chi connectivity index (χ0n) is 13.8. The van der Waals surface area contributed by atoms with Gasteiger partial charge >= 0.3 is 0 Å². The maximum Gasteiger partial charge on any atom is 0.225 e. The third-order valence-corrected chi connectivity index (χ3v) is 6.53. The minimum atomic E-state index is -3.11. The minimum Gasteiger partial charge on any atom is -0.337 e. The largest absolute Gasteiger partial charge is 0.337 e. The van der Waals surface area contributed by atoms with Crippen molar-refractivity contribution in [2.45, 2.75) is 32.5 Å². The molecule has 8 heteroatoms. The molecule has 3 rings (SSSR count). The highest BCUT2D eigenvalue weighted by atomic mass is 32.2. The molecule has 0 bridgehead atoms. The molecule has 2 fully saturated rings. The van der Waals surface area contributed by atoms with E-state index < -0.39 is 9.84 Å². The molecule has 23 heavy (non-hydrogen) atoms. The average molecular weight is 340 g/mol. The third-order valence-electron chi connectivity index (χ3n) is 4.83. The summed E-state index contributed by atoms with van der Waals surface area (Å²) in [6.45, 7) is 5.60. The van der Waals surface area contributed by atoms with Crippen LogP contribution < -0.4 is 0 Å². The fraction of sp³-hybridized carbons (Fsp3) is 0.733. The third kappa shape index (κ3) is 3.14. The van der Waals surface area contributed by atoms with Gasteiger partial charge in [0.2, 0.25) is 5.91 Å². The van der Waals surface area contributed by atoms with Crippen LogP contribution in [0.15, 0.2) is 12.4 Å². The lowest BCUT2D eigenvalue weighted by Crippen LogP contribution is -2.61. The number of aromatic nitrogens is 2. The molecule has 0 aromatic carbocycles. The van der Waals surface area contributed by atoms with Crippen LogP contribution in [0.5, 0.6) is 0 Å². The van der Waals surface area contributed by atoms with Crippen LogP contribution in [0.1, 0.15) is 19.7 Å². The lowest BCUT2D eigenvalue weighted by Gasteiger charge is -2.44. The van der Waals surface area contributed by atoms with E-state index in [0.29, 0.717) is 19.6 Å². The molecule has 0 unspecified atom stereocenters. The Kier molecular flexibility index (Phi) is 4.22. The van der Waals surface area contributed by atoms with Crippen molar-refractivity contribution in [3.05, 3.63) is 18.2 Å². The van der Waals surface area contributed by atoms with Gasteiger partial charge in [0.25, 0.3) is 0 Å². The number of piperazine rings is 1. The zero-order valence-corrected chi connectivity index (χ0v) is 14.7. The number of nitrogens with zero attached hydrogens (tertiary/aromatic N) is 4. The molecule has 2 aliphatic heterocycles. The smallest absolute Gasteiger partial charge is 0.225 e. The molecule has 0 spiro atoms. The molecular weight excluding hydrogens is 316 g/mol. The molecule has 128 valence electrons. The van der Waals surface area contributed by atoms with Crippen molar-refractivity contribution in [3.8, 4) is 0 Å². The Bertz CT molecular complexity index is 697. The van der Waals surface area contributed by atoms with E-state index in [1.165, 1.54) is 0 Å². The Morgan fingerprint density at radius 2 is 2.00 bits per heavy atom. The van der Waals surface area contributed by atoms with Crippen molar-refractivity contribution in [2.24, 2.45) is 13.0 Å². The number of carbonyl (C=O) groups excluding carboxylic acids is 1. The van der Waals surface area contributed by atoms with Crippen LogP contribution in [0.4, 0.5) is 0 Å². The van der Waals surface area contributed by atoms with Crippen LogP contribution in [-0.2, 0) is 28.2 Å². The Balaban J connectivity index is 1.84. The number of aryl methyl sites for hydroxylation is 1. The van der Waals surface area contributed by atoms with Gasteiger partial charge in [0.05, 0.1) is 24.1 Å². The van der Waals surface area contributed by atoms with Gasteiger partial charge in [-0.05, 0) is 0 Å². The summed E-state index contributed by atoms with van der Waals surface area (Å²) in [5.41, 5.74) is 0. The summed E-state index contributed by atoms with van der Waals surface area (Å²) in [7, 11) is -1.17. The molecule has 2 aliphatic rings. The maximum atomic E-state index is 12.4. The maximum absolute atomic E-state index is 12.4. The highest BCUT2D eigenvalue weighted by molar-refractivity contribution is 7.91. The number of fused-ring (bicyclic) bond motifs is 1. The molecule has 3 heterocycles. The number of amides is 1. The van der Waals surface area contributed by atoms with E-state index in [-0.39, 0.29) is 35.4 Å². The van der Waals surface area contributed by atoms with E-state index in [4.69, 9.17) is 0 Å². The summed E-state index contributed by atoms with van der Waals surface area (Å²) in [6.07, 6.45) is 3.63. The molecule has 0 N–H and O–H groups in total. The zero-order chi connectivity index (χ0) is 16.8. The monoisotopic (exact) mass is 340 g/mol. The summed E-state index contributed by atoms with van der Waals surface area (Å²) in [5.74, 6) is 1.06. The standard InChI is InChI=1S/C15H24N4O3S/c1-11(2)15(20)19-7-6-18(8-14-16-4-5-17(14)3)12-9-23(21,22)10-13(12)19/h4-5,11-13H,6-10H2,1-3H3/t12-,13+/m0/s1. The summed E-state index contributed by atoms with van der Waals surface area (Å²) in [5, 5.41) is 0. The van der Waals surface area contributed by atoms with E-state index >= 15 is 0 Å². The molecule has 2 saturated heterocycles. The van der Waals surface area contributed by atoms with Gasteiger partial charge in [0.15, 0.2) is 9.84 Å². The Morgan fingerprint density at radius 1 is 1.30 bits per heavy atom. The van der Waals surface area contributed by atoms with E-state index in [1.54, 1.807) is 11.1 Å². The van der Waals surface area contributed by atoms with Crippen LogP contribution in [0.25, 0.3) is 0 Å². The van der Waals surface area contributed by atoms with Crippen LogP contribution >= 0.6 is 0 Å². The molecular formula is C15H24N4O3S. The predicted molar refractivity (Wildman–Crippen MR) is 86.4 cm³/mol. The predicted octanol–water partition coefficient (Wildman–Crippen LogP) is -0.114. The lowest BCUT2D eigenvalue weighted by atomic mass is 10.0. The fourth-order valence-electron chi connectivity index (χ4n) is 3.56. The van der Waals surface area contributed by atoms with Crippen molar-refractivity contribution in [3.63, 3.8) is 0 Å². The van der Waals surface area contributed by atoms with Crippen LogP contribution in [0.3, 0.4) is 0 Å². The number of hydrogen-bond acceptors (Lipinski definition) is 5. The Labute approximate surface area is 137 Å². The van der Waals surface area contributed by atoms with Crippen molar-refractivity contribution in [1.29, 1.82) is 0 Å². The van der Waals surface area contributed by atoms with Crippen molar-refractivity contribution < 1.29 is 13.2 Å². The summed E-state index contributed by atoms with van der Waals surface area (Å²) < 4.78 is 26.3. The normalized spacial score (nSPS) is 27.4. The molecule has 2 atom stereocenters.